The van der Waals surface area contributed by atoms with Crippen LogP contribution >= 0.6 is 0 Å². The van der Waals surface area contributed by atoms with Gasteiger partial charge in [0.1, 0.15) is 16.6 Å². The Labute approximate surface area is 238 Å². The van der Waals surface area contributed by atoms with Crippen molar-refractivity contribution in [3.63, 3.8) is 0 Å². The van der Waals surface area contributed by atoms with E-state index in [0.29, 0.717) is 41.6 Å². The highest BCUT2D eigenvalue weighted by Gasteiger charge is 2.47. The minimum absolute atomic E-state index is 0.159. The highest BCUT2D eigenvalue weighted by molar-refractivity contribution is 5.77. The minimum Gasteiger partial charge on any atom is -0.385 e. The lowest BCUT2D eigenvalue weighted by atomic mass is 9.81. The van der Waals surface area contributed by atoms with Crippen LogP contribution in [0.1, 0.15) is 38.8 Å². The van der Waals surface area contributed by atoms with Gasteiger partial charge in [0.25, 0.3) is 5.56 Å². The van der Waals surface area contributed by atoms with E-state index in [4.69, 9.17) is 4.98 Å². The van der Waals surface area contributed by atoms with Crippen LogP contribution in [0.2, 0.25) is 0 Å². The maximum absolute atomic E-state index is 13.2. The first-order valence-electron chi connectivity index (χ1n) is 14.0. The number of nitrogens with one attached hydrogen (secondary N) is 2. The van der Waals surface area contributed by atoms with Crippen LogP contribution in [-0.4, -0.2) is 65.8 Å². The van der Waals surface area contributed by atoms with Gasteiger partial charge in [0, 0.05) is 23.6 Å². The van der Waals surface area contributed by atoms with E-state index < -0.39 is 11.2 Å². The number of allylic oxidation sites excluding steroid dienone is 1. The molecule has 11 heteroatoms. The summed E-state index contributed by atoms with van der Waals surface area (Å²) in [6.07, 6.45) is 6.50. The highest BCUT2D eigenvalue weighted by atomic mass is 16.3. The van der Waals surface area contributed by atoms with Gasteiger partial charge in [-0.3, -0.25) is 4.79 Å². The monoisotopic (exact) mass is 556 g/mol. The first kappa shape index (κ1) is 27.1. The van der Waals surface area contributed by atoms with Gasteiger partial charge in [-0.15, -0.1) is 6.58 Å². The zero-order chi connectivity index (χ0) is 28.8. The van der Waals surface area contributed by atoms with Crippen molar-refractivity contribution in [3.05, 3.63) is 77.4 Å². The summed E-state index contributed by atoms with van der Waals surface area (Å²) in [6.45, 7) is 9.55. The van der Waals surface area contributed by atoms with Crippen LogP contribution in [0.4, 0.5) is 17.3 Å². The molecule has 0 aliphatic carbocycles. The molecule has 2 saturated heterocycles. The maximum atomic E-state index is 13.2. The van der Waals surface area contributed by atoms with Crippen LogP contribution in [0.3, 0.4) is 0 Å². The first-order chi connectivity index (χ1) is 19.7. The Morgan fingerprint density at radius 2 is 1.95 bits per heavy atom. The third-order valence-electron chi connectivity index (χ3n) is 7.93. The molecule has 0 spiro atoms. The number of hydrogen-bond donors (Lipinski definition) is 4. The van der Waals surface area contributed by atoms with Crippen LogP contribution in [0.5, 0.6) is 0 Å². The van der Waals surface area contributed by atoms with Crippen molar-refractivity contribution >= 4 is 28.4 Å². The molecule has 1 atom stereocenters. The highest BCUT2D eigenvalue weighted by Crippen LogP contribution is 2.33. The van der Waals surface area contributed by atoms with Gasteiger partial charge >= 0.3 is 0 Å². The van der Waals surface area contributed by atoms with Crippen molar-refractivity contribution in [3.8, 4) is 5.82 Å². The first-order valence-corrected chi connectivity index (χ1v) is 14.0. The Morgan fingerprint density at radius 1 is 1.17 bits per heavy atom. The average Bonchev–Trinajstić information content (AvgIpc) is 3.22. The second-order valence-corrected chi connectivity index (χ2v) is 11.5. The molecule has 2 fully saturated rings. The number of piperidine rings is 1. The maximum Gasteiger partial charge on any atom is 0.278 e. The summed E-state index contributed by atoms with van der Waals surface area (Å²) in [6, 6.07) is 13.4. The average molecular weight is 557 g/mol. The quantitative estimate of drug-likeness (QED) is 0.242. The molecule has 1 aromatic carbocycles. The van der Waals surface area contributed by atoms with Gasteiger partial charge in [-0.25, -0.2) is 19.3 Å². The van der Waals surface area contributed by atoms with Crippen LogP contribution in [0.15, 0.2) is 66.1 Å². The van der Waals surface area contributed by atoms with E-state index >= 15 is 0 Å². The number of rotatable bonds is 8. The fourth-order valence-corrected chi connectivity index (χ4v) is 5.70. The number of β-amino-alcohol motifs (C(OH)–C–C–N with tert-alkyl or cyclic N) is 1. The number of aliphatic hydroxyl groups is 2. The molecule has 5 heterocycles. The summed E-state index contributed by atoms with van der Waals surface area (Å²) in [7, 11) is 0. The van der Waals surface area contributed by atoms with Gasteiger partial charge in [0.2, 0.25) is 5.95 Å². The Balaban J connectivity index is 1.25. The van der Waals surface area contributed by atoms with Crippen LogP contribution in [0.25, 0.3) is 16.9 Å². The molecular weight excluding hydrogens is 520 g/mol. The summed E-state index contributed by atoms with van der Waals surface area (Å²) in [5.74, 6) is 0.778. The van der Waals surface area contributed by atoms with Crippen molar-refractivity contribution in [2.75, 3.05) is 29.9 Å². The molecule has 214 valence electrons. The van der Waals surface area contributed by atoms with E-state index in [9.17, 15) is 15.0 Å². The standard InChI is InChI=1S/C30H36N8O3/c1-4-16-37-27(39)22-17-32-28(35-26(22)38(37)25-10-7-9-23(34-25)29(2,3)40)33-20-11-13-21(14-12-20)36-18-30(41,19-36)24-8-5-6-15-31-24/h4,7,9-14,17,24,31,40-41H,1,5-6,8,15-16,18-19H2,2-3H3,(H,32,33,35). The van der Waals surface area contributed by atoms with Crippen LogP contribution < -0.4 is 21.1 Å². The van der Waals surface area contributed by atoms with Crippen molar-refractivity contribution in [1.29, 1.82) is 0 Å². The van der Waals surface area contributed by atoms with Gasteiger partial charge in [0.05, 0.1) is 25.3 Å². The van der Waals surface area contributed by atoms with E-state index in [1.807, 2.05) is 24.3 Å². The molecule has 0 radical (unpaired) electrons. The Kier molecular flexibility index (Phi) is 6.88. The lowest BCUT2D eigenvalue weighted by Gasteiger charge is -2.52. The SMILES string of the molecule is C=CCn1c(=O)c2cnc(Nc3ccc(N4CC(O)(C5CCCCN5)C4)cc3)nc2n1-c1cccc(C(C)(C)O)n1. The molecule has 1 unspecified atom stereocenters. The van der Waals surface area contributed by atoms with Gasteiger partial charge in [0.15, 0.2) is 11.5 Å². The largest absolute Gasteiger partial charge is 0.385 e. The van der Waals surface area contributed by atoms with E-state index in [0.717, 1.165) is 30.8 Å². The second kappa shape index (κ2) is 10.4. The van der Waals surface area contributed by atoms with Crippen LogP contribution in [0, 0.1) is 0 Å². The molecule has 0 amide bonds. The third-order valence-corrected chi connectivity index (χ3v) is 7.93. The van der Waals surface area contributed by atoms with Crippen molar-refractivity contribution in [2.24, 2.45) is 0 Å². The lowest BCUT2D eigenvalue weighted by Crippen LogP contribution is -2.71. The topological polar surface area (TPSA) is 133 Å². The van der Waals surface area contributed by atoms with Gasteiger partial charge in [-0.05, 0) is 69.6 Å². The molecule has 41 heavy (non-hydrogen) atoms. The third kappa shape index (κ3) is 5.12. The van der Waals surface area contributed by atoms with E-state index in [-0.39, 0.29) is 18.1 Å². The molecule has 4 aromatic rings. The molecular formula is C30H36N8O3. The van der Waals surface area contributed by atoms with E-state index in [1.165, 1.54) is 17.3 Å². The molecule has 0 bridgehead atoms. The Bertz CT molecular complexity index is 1620. The summed E-state index contributed by atoms with van der Waals surface area (Å²) in [4.78, 5) is 29.1. The summed E-state index contributed by atoms with van der Waals surface area (Å²) in [5.41, 5.74) is 0.599. The number of hydrogen-bond acceptors (Lipinski definition) is 9. The zero-order valence-electron chi connectivity index (χ0n) is 23.4. The number of anilines is 3. The summed E-state index contributed by atoms with van der Waals surface area (Å²) in [5, 5.41) is 28.6. The Morgan fingerprint density at radius 3 is 2.63 bits per heavy atom. The normalized spacial score (nSPS) is 18.7. The van der Waals surface area contributed by atoms with Gasteiger partial charge in [-0.1, -0.05) is 18.6 Å². The lowest BCUT2D eigenvalue weighted by molar-refractivity contribution is -0.0309. The fraction of sp³-hybridized carbons (Fsp3) is 0.400. The molecule has 2 aliphatic rings. The number of nitrogens with zero attached hydrogens (tertiary/aromatic N) is 6. The molecule has 2 aliphatic heterocycles. The number of pyridine rings is 1. The Hall–Kier alpha value is -4.06. The molecule has 3 aromatic heterocycles. The van der Waals surface area contributed by atoms with Gasteiger partial charge < -0.3 is 25.7 Å². The molecule has 11 nitrogen and oxygen atoms in total. The van der Waals surface area contributed by atoms with Crippen molar-refractivity contribution in [2.45, 2.75) is 56.9 Å². The number of fused-ring (bicyclic) bond motifs is 1. The predicted octanol–water partition coefficient (Wildman–Crippen LogP) is 2.83. The molecule has 0 saturated carbocycles. The number of benzene rings is 1. The molecule has 6 rings (SSSR count). The zero-order valence-corrected chi connectivity index (χ0v) is 23.4. The summed E-state index contributed by atoms with van der Waals surface area (Å²) >= 11 is 0. The van der Waals surface area contributed by atoms with E-state index in [2.05, 4.69) is 32.1 Å². The predicted molar refractivity (Wildman–Crippen MR) is 159 cm³/mol. The van der Waals surface area contributed by atoms with Crippen molar-refractivity contribution < 1.29 is 10.2 Å². The smallest absolute Gasteiger partial charge is 0.278 e. The van der Waals surface area contributed by atoms with E-state index in [1.54, 1.807) is 42.8 Å². The number of aromatic nitrogens is 5. The molecule has 4 N–H and O–H groups in total. The van der Waals surface area contributed by atoms with Gasteiger partial charge in [-0.2, -0.15) is 4.98 Å². The van der Waals surface area contributed by atoms with Crippen LogP contribution in [-0.2, 0) is 12.1 Å². The minimum atomic E-state index is -1.15. The summed E-state index contributed by atoms with van der Waals surface area (Å²) < 4.78 is 3.13. The fourth-order valence-electron chi connectivity index (χ4n) is 5.70. The van der Waals surface area contributed by atoms with Crippen molar-refractivity contribution in [1.82, 2.24) is 29.6 Å². The second-order valence-electron chi connectivity index (χ2n) is 11.5.